The van der Waals surface area contributed by atoms with Gasteiger partial charge in [0.05, 0.1) is 0 Å². The summed E-state index contributed by atoms with van der Waals surface area (Å²) in [6, 6.07) is 4.60. The van der Waals surface area contributed by atoms with E-state index in [4.69, 9.17) is 4.74 Å². The molecular formula is C20H28FN3O2S. The Morgan fingerprint density at radius 1 is 1.19 bits per heavy atom. The van der Waals surface area contributed by atoms with Gasteiger partial charge in [-0.3, -0.25) is 0 Å². The van der Waals surface area contributed by atoms with E-state index in [0.29, 0.717) is 11.4 Å². The molecule has 0 spiro atoms. The van der Waals surface area contributed by atoms with E-state index in [2.05, 4.69) is 9.97 Å². The molecule has 27 heavy (non-hydrogen) atoms. The van der Waals surface area contributed by atoms with Crippen LogP contribution in [0.1, 0.15) is 56.4 Å². The maximum atomic E-state index is 14.0. The minimum Gasteiger partial charge on any atom is -0.433 e. The van der Waals surface area contributed by atoms with Crippen LogP contribution in [0.25, 0.3) is 0 Å². The molecular weight excluding hydrogens is 365 g/mol. The van der Waals surface area contributed by atoms with Gasteiger partial charge in [-0.05, 0) is 65.5 Å². The largest absolute Gasteiger partial charge is 0.433 e. The molecule has 1 atom stereocenters. The van der Waals surface area contributed by atoms with Gasteiger partial charge in [-0.15, -0.1) is 11.8 Å². The molecule has 0 radical (unpaired) electrons. The number of aryl methyl sites for hydroxylation is 2. The number of ether oxygens (including phenoxy) is 1. The Morgan fingerprint density at radius 2 is 1.81 bits per heavy atom. The van der Waals surface area contributed by atoms with Crippen LogP contribution in [0.5, 0.6) is 0 Å². The number of imidazole rings is 1. The molecule has 2 aromatic rings. The molecule has 1 aromatic heterocycles. The third-order valence-corrected chi connectivity index (χ3v) is 4.99. The van der Waals surface area contributed by atoms with Crippen molar-refractivity contribution in [1.29, 1.82) is 0 Å². The predicted molar refractivity (Wildman–Crippen MR) is 107 cm³/mol. The van der Waals surface area contributed by atoms with Crippen molar-refractivity contribution in [3.05, 3.63) is 46.7 Å². The van der Waals surface area contributed by atoms with Crippen LogP contribution in [0, 0.1) is 19.7 Å². The molecule has 1 amide bonds. The number of hydrogen-bond donors (Lipinski definition) is 1. The van der Waals surface area contributed by atoms with Crippen molar-refractivity contribution in [2.75, 3.05) is 6.26 Å². The Bertz CT molecular complexity index is 776. The number of nitrogens with zero attached hydrogens (tertiary/aromatic N) is 2. The summed E-state index contributed by atoms with van der Waals surface area (Å²) in [4.78, 5) is 22.3. The van der Waals surface area contributed by atoms with Crippen molar-refractivity contribution >= 4 is 17.9 Å². The third-order valence-electron chi connectivity index (χ3n) is 4.21. The van der Waals surface area contributed by atoms with Gasteiger partial charge >= 0.3 is 6.09 Å². The van der Waals surface area contributed by atoms with E-state index >= 15 is 0 Å². The van der Waals surface area contributed by atoms with Crippen LogP contribution in [0.3, 0.4) is 0 Å². The molecule has 0 saturated heterocycles. The van der Waals surface area contributed by atoms with Crippen molar-refractivity contribution in [3.8, 4) is 0 Å². The number of halogens is 1. The highest BCUT2D eigenvalue weighted by atomic mass is 32.2. The van der Waals surface area contributed by atoms with E-state index in [1.54, 1.807) is 11.8 Å². The molecule has 2 rings (SSSR count). The number of amides is 1. The van der Waals surface area contributed by atoms with Gasteiger partial charge in [0.2, 0.25) is 0 Å². The number of aromatic amines is 1. The monoisotopic (exact) mass is 393 g/mol. The molecule has 0 aliphatic rings. The van der Waals surface area contributed by atoms with E-state index in [1.165, 1.54) is 23.9 Å². The second kappa shape index (κ2) is 8.78. The number of carbonyl (C=O) groups excluding carboxylic acids is 1. The summed E-state index contributed by atoms with van der Waals surface area (Å²) in [6.07, 6.45) is 0.665. The Balaban J connectivity index is 2.47. The molecule has 0 aliphatic carbocycles. The van der Waals surface area contributed by atoms with Crippen molar-refractivity contribution in [3.63, 3.8) is 0 Å². The first-order valence-electron chi connectivity index (χ1n) is 9.00. The fourth-order valence-electron chi connectivity index (χ4n) is 3.17. The van der Waals surface area contributed by atoms with Crippen LogP contribution in [-0.2, 0) is 4.74 Å². The van der Waals surface area contributed by atoms with Crippen LogP contribution in [0.15, 0.2) is 23.2 Å². The van der Waals surface area contributed by atoms with Gasteiger partial charge in [-0.1, -0.05) is 6.07 Å². The number of thioether (sulfide) groups is 1. The lowest BCUT2D eigenvalue weighted by Gasteiger charge is -2.31. The summed E-state index contributed by atoms with van der Waals surface area (Å²) in [6.45, 7) is 11.5. The first-order valence-corrected chi connectivity index (χ1v) is 10.2. The zero-order chi connectivity index (χ0) is 20.3. The van der Waals surface area contributed by atoms with Gasteiger partial charge in [-0.2, -0.15) is 0 Å². The van der Waals surface area contributed by atoms with Gasteiger partial charge in [0, 0.05) is 23.3 Å². The summed E-state index contributed by atoms with van der Waals surface area (Å²) < 4.78 is 19.9. The quantitative estimate of drug-likeness (QED) is 0.683. The Morgan fingerprint density at radius 3 is 2.30 bits per heavy atom. The third kappa shape index (κ3) is 5.03. The highest BCUT2D eigenvalue weighted by Crippen LogP contribution is 2.30. The van der Waals surface area contributed by atoms with Gasteiger partial charge in [0.1, 0.15) is 10.8 Å². The molecule has 0 aliphatic heterocycles. The Hall–Kier alpha value is -2.02. The van der Waals surface area contributed by atoms with Gasteiger partial charge in [0.15, 0.2) is 11.9 Å². The number of H-pyrrole nitrogens is 1. The summed E-state index contributed by atoms with van der Waals surface area (Å²) in [5.41, 5.74) is 2.19. The van der Waals surface area contributed by atoms with E-state index in [-0.39, 0.29) is 17.9 Å². The van der Waals surface area contributed by atoms with Crippen LogP contribution < -0.4 is 0 Å². The molecule has 148 valence electrons. The standard InChI is InChI=1S/C20H28FN3O2S/c1-11(2)24(12(3)4)20(25)26-17(15-8-13(5)9-16(21)10-15)18-22-14(6)19(23-18)27-7/h8-12,17H,1-7H3,(H,22,23). The van der Waals surface area contributed by atoms with Crippen LogP contribution in [0.4, 0.5) is 9.18 Å². The average Bonchev–Trinajstić information content (AvgIpc) is 2.91. The molecule has 0 fully saturated rings. The lowest BCUT2D eigenvalue weighted by molar-refractivity contribution is 0.0551. The van der Waals surface area contributed by atoms with Crippen LogP contribution in [0.2, 0.25) is 0 Å². The lowest BCUT2D eigenvalue weighted by Crippen LogP contribution is -2.43. The van der Waals surface area contributed by atoms with Crippen molar-refractivity contribution < 1.29 is 13.9 Å². The molecule has 1 N–H and O–H groups in total. The SMILES string of the molecule is CSc1nc(C(OC(=O)N(C(C)C)C(C)C)c2cc(C)cc(F)c2)[nH]c1C. The summed E-state index contributed by atoms with van der Waals surface area (Å²) in [7, 11) is 0. The first-order chi connectivity index (χ1) is 12.6. The van der Waals surface area contributed by atoms with E-state index in [0.717, 1.165) is 16.3 Å². The molecule has 0 bridgehead atoms. The number of nitrogens with one attached hydrogen (secondary N) is 1. The predicted octanol–water partition coefficient (Wildman–Crippen LogP) is 5.23. The summed E-state index contributed by atoms with van der Waals surface area (Å²) in [5.74, 6) is 0.117. The number of benzene rings is 1. The van der Waals surface area contributed by atoms with E-state index in [1.807, 2.05) is 46.9 Å². The van der Waals surface area contributed by atoms with Crippen molar-refractivity contribution in [2.24, 2.45) is 0 Å². The lowest BCUT2D eigenvalue weighted by atomic mass is 10.1. The average molecular weight is 394 g/mol. The van der Waals surface area contributed by atoms with Gasteiger partial charge in [0.25, 0.3) is 0 Å². The Kier molecular flexibility index (Phi) is 6.92. The van der Waals surface area contributed by atoms with Crippen LogP contribution in [-0.4, -0.2) is 39.3 Å². The second-order valence-electron chi connectivity index (χ2n) is 7.18. The van der Waals surface area contributed by atoms with E-state index < -0.39 is 12.2 Å². The summed E-state index contributed by atoms with van der Waals surface area (Å²) in [5, 5.41) is 0.823. The maximum Gasteiger partial charge on any atom is 0.411 e. The highest BCUT2D eigenvalue weighted by molar-refractivity contribution is 7.98. The maximum absolute atomic E-state index is 14.0. The normalized spacial score (nSPS) is 12.5. The minimum absolute atomic E-state index is 0.0208. The van der Waals surface area contributed by atoms with E-state index in [9.17, 15) is 9.18 Å². The fraction of sp³-hybridized carbons (Fsp3) is 0.500. The van der Waals surface area contributed by atoms with Crippen LogP contribution >= 0.6 is 11.8 Å². The van der Waals surface area contributed by atoms with Crippen molar-refractivity contribution in [1.82, 2.24) is 14.9 Å². The summed E-state index contributed by atoms with van der Waals surface area (Å²) >= 11 is 1.50. The second-order valence-corrected chi connectivity index (χ2v) is 7.97. The highest BCUT2D eigenvalue weighted by Gasteiger charge is 2.29. The number of carbonyl (C=O) groups is 1. The first kappa shape index (κ1) is 21.3. The fourth-order valence-corrected chi connectivity index (χ4v) is 3.71. The molecule has 5 nitrogen and oxygen atoms in total. The zero-order valence-electron chi connectivity index (χ0n) is 17.0. The minimum atomic E-state index is -0.813. The zero-order valence-corrected chi connectivity index (χ0v) is 17.8. The number of hydrogen-bond acceptors (Lipinski definition) is 4. The smallest absolute Gasteiger partial charge is 0.411 e. The molecule has 1 unspecified atom stereocenters. The molecule has 7 heteroatoms. The molecule has 1 aromatic carbocycles. The van der Waals surface area contributed by atoms with Gasteiger partial charge in [-0.25, -0.2) is 14.2 Å². The molecule has 0 saturated carbocycles. The van der Waals surface area contributed by atoms with Crippen molar-refractivity contribution in [2.45, 2.75) is 64.8 Å². The number of rotatable bonds is 6. The molecule has 1 heterocycles. The Labute approximate surface area is 164 Å². The topological polar surface area (TPSA) is 58.2 Å². The number of aromatic nitrogens is 2. The van der Waals surface area contributed by atoms with Gasteiger partial charge < -0.3 is 14.6 Å².